The molecule has 2 rings (SSSR count). The fraction of sp³-hybridized carbons (Fsp3) is 0.733. The van der Waals surface area contributed by atoms with Crippen molar-refractivity contribution < 1.29 is 0 Å². The molecule has 2 atom stereocenters. The molecule has 1 N–H and O–H groups in total. The summed E-state index contributed by atoms with van der Waals surface area (Å²) in [6, 6.07) is 2.39. The predicted molar refractivity (Wildman–Crippen MR) is 80.0 cm³/mol. The molecule has 2 nitrogen and oxygen atoms in total. The first-order chi connectivity index (χ1) is 8.60. The van der Waals surface area contributed by atoms with Gasteiger partial charge in [-0.2, -0.15) is 0 Å². The van der Waals surface area contributed by atoms with Crippen LogP contribution in [0.4, 0.5) is 0 Å². The lowest BCUT2D eigenvalue weighted by atomic mass is 9.88. The summed E-state index contributed by atoms with van der Waals surface area (Å²) in [6.07, 6.45) is 1.35. The molecule has 1 saturated heterocycles. The van der Waals surface area contributed by atoms with Crippen molar-refractivity contribution in [3.8, 4) is 0 Å². The van der Waals surface area contributed by atoms with Gasteiger partial charge in [-0.1, -0.05) is 13.8 Å². The lowest BCUT2D eigenvalue weighted by Crippen LogP contribution is -2.37. The minimum Gasteiger partial charge on any atom is -0.315 e. The summed E-state index contributed by atoms with van der Waals surface area (Å²) in [5.41, 5.74) is 1.53. The van der Waals surface area contributed by atoms with Gasteiger partial charge in [0.05, 0.1) is 0 Å². The van der Waals surface area contributed by atoms with Crippen molar-refractivity contribution in [3.05, 3.63) is 21.4 Å². The Kier molecular flexibility index (Phi) is 4.82. The molecule has 3 heteroatoms. The van der Waals surface area contributed by atoms with Crippen LogP contribution in [0.1, 0.15) is 35.6 Å². The summed E-state index contributed by atoms with van der Waals surface area (Å²) in [5.74, 6) is 1.74. The number of hydrogen-bond acceptors (Lipinski definition) is 3. The molecule has 1 aromatic rings. The Hall–Kier alpha value is -0.380. The average molecular weight is 266 g/mol. The van der Waals surface area contributed by atoms with E-state index in [2.05, 4.69) is 37.1 Å². The van der Waals surface area contributed by atoms with E-state index in [0.29, 0.717) is 0 Å². The number of nitrogens with one attached hydrogen (secondary N) is 1. The second kappa shape index (κ2) is 6.18. The molecule has 0 saturated carbocycles. The molecule has 2 unspecified atom stereocenters. The van der Waals surface area contributed by atoms with Crippen LogP contribution in [-0.2, 0) is 13.1 Å². The maximum Gasteiger partial charge on any atom is 0.0296 e. The predicted octanol–water partition coefficient (Wildman–Crippen LogP) is 3.25. The van der Waals surface area contributed by atoms with Gasteiger partial charge >= 0.3 is 0 Å². The SMILES string of the molecule is CNCc1cc(CN2CCC(C)C(C)C2)c(C)s1. The van der Waals surface area contributed by atoms with Gasteiger partial charge in [0.1, 0.15) is 0 Å². The number of nitrogens with zero attached hydrogens (tertiary/aromatic N) is 1. The highest BCUT2D eigenvalue weighted by Gasteiger charge is 2.23. The van der Waals surface area contributed by atoms with E-state index in [1.807, 2.05) is 18.4 Å². The van der Waals surface area contributed by atoms with Gasteiger partial charge < -0.3 is 5.32 Å². The minimum atomic E-state index is 0.842. The van der Waals surface area contributed by atoms with E-state index in [9.17, 15) is 0 Å². The lowest BCUT2D eigenvalue weighted by Gasteiger charge is -2.35. The quantitative estimate of drug-likeness (QED) is 0.900. The molecule has 1 aliphatic rings. The van der Waals surface area contributed by atoms with Crippen LogP contribution in [0.2, 0.25) is 0 Å². The highest BCUT2D eigenvalue weighted by Crippen LogP contribution is 2.27. The molecule has 1 fully saturated rings. The topological polar surface area (TPSA) is 15.3 Å². The first kappa shape index (κ1) is 14.0. The fourth-order valence-electron chi connectivity index (χ4n) is 2.74. The molecule has 102 valence electrons. The molecule has 1 aromatic heterocycles. The number of thiophene rings is 1. The number of likely N-dealkylation sites (tertiary alicyclic amines) is 1. The standard InChI is InChI=1S/C15H26N2S/c1-11-5-6-17(9-12(11)2)10-14-7-15(8-16-4)18-13(14)3/h7,11-12,16H,5-6,8-10H2,1-4H3. The monoisotopic (exact) mass is 266 g/mol. The first-order valence-corrected chi connectivity index (χ1v) is 7.87. The van der Waals surface area contributed by atoms with Crippen LogP contribution >= 0.6 is 11.3 Å². The van der Waals surface area contributed by atoms with Crippen molar-refractivity contribution in [2.24, 2.45) is 11.8 Å². The van der Waals surface area contributed by atoms with Crippen LogP contribution in [0.15, 0.2) is 6.07 Å². The summed E-state index contributed by atoms with van der Waals surface area (Å²) < 4.78 is 0. The molecule has 2 heterocycles. The van der Waals surface area contributed by atoms with Gasteiger partial charge in [0.15, 0.2) is 0 Å². The normalized spacial score (nSPS) is 25.6. The van der Waals surface area contributed by atoms with Gasteiger partial charge in [-0.05, 0) is 50.4 Å². The molecule has 0 spiro atoms. The maximum atomic E-state index is 3.24. The van der Waals surface area contributed by atoms with E-state index in [4.69, 9.17) is 0 Å². The van der Waals surface area contributed by atoms with Crippen LogP contribution in [0.5, 0.6) is 0 Å². The van der Waals surface area contributed by atoms with Crippen molar-refractivity contribution in [2.45, 2.75) is 40.3 Å². The Morgan fingerprint density at radius 2 is 2.17 bits per heavy atom. The Morgan fingerprint density at radius 3 is 2.83 bits per heavy atom. The largest absolute Gasteiger partial charge is 0.315 e. The van der Waals surface area contributed by atoms with Crippen LogP contribution in [0, 0.1) is 18.8 Å². The van der Waals surface area contributed by atoms with Crippen LogP contribution in [-0.4, -0.2) is 25.0 Å². The minimum absolute atomic E-state index is 0.842. The maximum absolute atomic E-state index is 3.24. The van der Waals surface area contributed by atoms with E-state index in [-0.39, 0.29) is 0 Å². The Balaban J connectivity index is 1.96. The number of piperidine rings is 1. The molecule has 0 aliphatic carbocycles. The third kappa shape index (κ3) is 3.34. The molecule has 0 bridgehead atoms. The highest BCUT2D eigenvalue weighted by molar-refractivity contribution is 7.12. The summed E-state index contributed by atoms with van der Waals surface area (Å²) in [4.78, 5) is 5.58. The summed E-state index contributed by atoms with van der Waals surface area (Å²) in [5, 5.41) is 3.24. The average Bonchev–Trinajstić information content (AvgIpc) is 2.65. The van der Waals surface area contributed by atoms with Crippen molar-refractivity contribution in [1.29, 1.82) is 0 Å². The third-order valence-electron chi connectivity index (χ3n) is 4.23. The Bertz CT molecular complexity index is 386. The molecule has 0 aromatic carbocycles. The zero-order valence-electron chi connectivity index (χ0n) is 12.1. The third-order valence-corrected chi connectivity index (χ3v) is 5.33. The van der Waals surface area contributed by atoms with Crippen molar-refractivity contribution in [2.75, 3.05) is 20.1 Å². The summed E-state index contributed by atoms with van der Waals surface area (Å²) >= 11 is 1.94. The number of rotatable bonds is 4. The van der Waals surface area contributed by atoms with Gasteiger partial charge in [0, 0.05) is 29.4 Å². The van der Waals surface area contributed by atoms with Crippen molar-refractivity contribution in [3.63, 3.8) is 0 Å². The smallest absolute Gasteiger partial charge is 0.0296 e. The van der Waals surface area contributed by atoms with Crippen LogP contribution in [0.3, 0.4) is 0 Å². The Labute approximate surface area is 115 Å². The molecule has 18 heavy (non-hydrogen) atoms. The summed E-state index contributed by atoms with van der Waals surface area (Å²) in [7, 11) is 2.02. The van der Waals surface area contributed by atoms with E-state index in [0.717, 1.165) is 24.9 Å². The Morgan fingerprint density at radius 1 is 1.39 bits per heavy atom. The van der Waals surface area contributed by atoms with E-state index < -0.39 is 0 Å². The van der Waals surface area contributed by atoms with Gasteiger partial charge in [-0.15, -0.1) is 11.3 Å². The van der Waals surface area contributed by atoms with Gasteiger partial charge in [0.2, 0.25) is 0 Å². The van der Waals surface area contributed by atoms with Crippen LogP contribution in [0.25, 0.3) is 0 Å². The fourth-order valence-corrected chi connectivity index (χ4v) is 3.81. The van der Waals surface area contributed by atoms with Gasteiger partial charge in [0.25, 0.3) is 0 Å². The van der Waals surface area contributed by atoms with E-state index in [1.165, 1.54) is 34.8 Å². The highest BCUT2D eigenvalue weighted by atomic mass is 32.1. The van der Waals surface area contributed by atoms with Crippen molar-refractivity contribution >= 4 is 11.3 Å². The number of hydrogen-bond donors (Lipinski definition) is 1. The number of aryl methyl sites for hydroxylation is 1. The molecule has 0 radical (unpaired) electrons. The molecular formula is C15H26N2S. The van der Waals surface area contributed by atoms with Crippen molar-refractivity contribution in [1.82, 2.24) is 10.2 Å². The zero-order valence-corrected chi connectivity index (χ0v) is 12.9. The second-order valence-corrected chi connectivity index (χ2v) is 7.14. The van der Waals surface area contributed by atoms with E-state index >= 15 is 0 Å². The molecule has 1 aliphatic heterocycles. The van der Waals surface area contributed by atoms with E-state index in [1.54, 1.807) is 0 Å². The van der Waals surface area contributed by atoms with Crippen LogP contribution < -0.4 is 5.32 Å². The molecule has 0 amide bonds. The summed E-state index contributed by atoms with van der Waals surface area (Å²) in [6.45, 7) is 11.7. The lowest BCUT2D eigenvalue weighted by molar-refractivity contribution is 0.132. The zero-order chi connectivity index (χ0) is 13.1. The second-order valence-electron chi connectivity index (χ2n) is 5.80. The first-order valence-electron chi connectivity index (χ1n) is 7.05. The van der Waals surface area contributed by atoms with Gasteiger partial charge in [-0.3, -0.25) is 4.90 Å². The van der Waals surface area contributed by atoms with Gasteiger partial charge in [-0.25, -0.2) is 0 Å². The molecular weight excluding hydrogens is 240 g/mol.